The third kappa shape index (κ3) is 7.22. The molecule has 0 bridgehead atoms. The molecule has 0 saturated heterocycles. The number of nitro benzene ring substituents is 1. The number of rotatable bonds is 8. The van der Waals surface area contributed by atoms with E-state index in [2.05, 4.69) is 0 Å². The summed E-state index contributed by atoms with van der Waals surface area (Å²) in [5.41, 5.74) is -0.537. The van der Waals surface area contributed by atoms with Crippen molar-refractivity contribution in [3.63, 3.8) is 0 Å². The molecule has 12 heteroatoms. The van der Waals surface area contributed by atoms with Crippen LogP contribution in [0.15, 0.2) is 97.3 Å². The predicted octanol–water partition coefficient (Wildman–Crippen LogP) is 4.65. The molecular weight excluding hydrogens is 513 g/mol. The summed E-state index contributed by atoms with van der Waals surface area (Å²) < 4.78 is 36.7. The van der Waals surface area contributed by atoms with Crippen LogP contribution in [0, 0.1) is 21.4 Å². The van der Waals surface area contributed by atoms with Gasteiger partial charge in [0.1, 0.15) is 34.6 Å². The van der Waals surface area contributed by atoms with Gasteiger partial charge in [0.2, 0.25) is 0 Å². The summed E-state index contributed by atoms with van der Waals surface area (Å²) >= 11 is 0. The fourth-order valence-corrected chi connectivity index (χ4v) is 4.45. The molecule has 194 valence electrons. The van der Waals surface area contributed by atoms with Gasteiger partial charge in [0.05, 0.1) is 19.1 Å². The minimum absolute atomic E-state index is 0.201. The van der Waals surface area contributed by atoms with Crippen molar-refractivity contribution >= 4 is 13.4 Å². The molecule has 0 amide bonds. The molecule has 0 atom stereocenters. The van der Waals surface area contributed by atoms with Crippen LogP contribution < -0.4 is 28.0 Å². The van der Waals surface area contributed by atoms with E-state index >= 15 is 0 Å². The van der Waals surface area contributed by atoms with Crippen molar-refractivity contribution in [2.45, 2.75) is 0 Å². The van der Waals surface area contributed by atoms with E-state index in [4.69, 9.17) is 23.8 Å². The van der Waals surface area contributed by atoms with E-state index in [0.29, 0.717) is 23.0 Å². The second-order valence-corrected chi connectivity index (χ2v) is 9.07. The van der Waals surface area contributed by atoms with Crippen LogP contribution in [0.2, 0.25) is 0 Å². The highest BCUT2D eigenvalue weighted by Crippen LogP contribution is 2.44. The molecule has 1 aromatic heterocycles. The van der Waals surface area contributed by atoms with Crippen molar-refractivity contribution in [3.05, 3.63) is 113 Å². The van der Waals surface area contributed by atoms with Crippen LogP contribution in [0.25, 0.3) is 0 Å². The Bertz CT molecular complexity index is 1400. The maximum absolute atomic E-state index is 13.5. The molecule has 38 heavy (non-hydrogen) atoms. The molecule has 0 aliphatic rings. The highest BCUT2D eigenvalue weighted by molar-refractivity contribution is 7.47. The number of benzene rings is 3. The molecule has 0 radical (unpaired) electrons. The molecule has 0 aliphatic carbocycles. The first kappa shape index (κ1) is 27.5. The fraction of sp³-hybridized carbons (Fsp3) is 0.0769. The Labute approximate surface area is 218 Å². The lowest BCUT2D eigenvalue weighted by Crippen LogP contribution is -2.34. The lowest BCUT2D eigenvalue weighted by molar-refractivity contribution is -0.536. The van der Waals surface area contributed by atoms with Gasteiger partial charge in [0, 0.05) is 18.2 Å². The third-order valence-electron chi connectivity index (χ3n) is 4.83. The summed E-state index contributed by atoms with van der Waals surface area (Å²) in [7, 11) is -0.574. The smallest absolute Gasteiger partial charge is 0.728 e. The Hall–Kier alpha value is -5.07. The average molecular weight is 535 g/mol. The summed E-state index contributed by atoms with van der Waals surface area (Å²) in [6.07, 6.45) is 3.27. The van der Waals surface area contributed by atoms with Crippen LogP contribution in [0.5, 0.6) is 28.7 Å². The van der Waals surface area contributed by atoms with E-state index in [1.807, 2.05) is 6.07 Å². The zero-order valence-corrected chi connectivity index (χ0v) is 21.2. The quantitative estimate of drug-likeness (QED) is 0.179. The van der Waals surface area contributed by atoms with Crippen molar-refractivity contribution in [1.29, 1.82) is 5.26 Å². The first-order valence-corrected chi connectivity index (χ1v) is 12.4. The molecule has 4 aromatic rings. The first-order chi connectivity index (χ1) is 18.3. The van der Waals surface area contributed by atoms with Gasteiger partial charge >= 0.3 is 7.75 Å². The number of ether oxygens (including phenoxy) is 2. The van der Waals surface area contributed by atoms with Crippen LogP contribution in [-0.2, 0) is 4.57 Å². The molecule has 0 aliphatic heterocycles. The molecule has 11 nitrogen and oxygen atoms in total. The van der Waals surface area contributed by atoms with Gasteiger partial charge in [-0.15, -0.1) is 5.75 Å². The van der Waals surface area contributed by atoms with Crippen molar-refractivity contribution in [3.8, 4) is 34.8 Å². The molecule has 4 rings (SSSR count). The molecule has 3 aromatic carbocycles. The normalized spacial score (nSPS) is 10.2. The Morgan fingerprint density at radius 3 is 1.71 bits per heavy atom. The number of nitrogens with zero attached hydrogens (tertiary/aromatic N) is 3. The number of nitro groups is 1. The number of hydrogen-bond donors (Lipinski definition) is 0. The van der Waals surface area contributed by atoms with Crippen LogP contribution in [0.1, 0.15) is 5.56 Å². The zero-order valence-electron chi connectivity index (χ0n) is 20.3. The second kappa shape index (κ2) is 12.8. The summed E-state index contributed by atoms with van der Waals surface area (Å²) in [6.45, 7) is 0. The van der Waals surface area contributed by atoms with Crippen LogP contribution in [-0.4, -0.2) is 19.1 Å². The zero-order chi connectivity index (χ0) is 27.5. The van der Waals surface area contributed by atoms with Gasteiger partial charge in [-0.25, -0.2) is 0 Å². The summed E-state index contributed by atoms with van der Waals surface area (Å²) in [6, 6.07) is 23.5. The Balaban J connectivity index is 0.000000279. The molecule has 0 spiro atoms. The Kier molecular flexibility index (Phi) is 9.24. The van der Waals surface area contributed by atoms with Crippen LogP contribution in [0.4, 0.5) is 5.69 Å². The topological polar surface area (TPSA) is 148 Å². The lowest BCUT2D eigenvalue weighted by atomic mass is 10.2. The van der Waals surface area contributed by atoms with Crippen LogP contribution >= 0.6 is 7.75 Å². The highest BCUT2D eigenvalue weighted by Gasteiger charge is 2.42. The number of aromatic nitrogens is 1. The number of methoxy groups -OCH3 is 2. The Morgan fingerprint density at radius 2 is 1.29 bits per heavy atom. The largest absolute Gasteiger partial charge is 0.872 e. The van der Waals surface area contributed by atoms with Crippen molar-refractivity contribution in [1.82, 2.24) is 0 Å². The minimum Gasteiger partial charge on any atom is -0.872 e. The van der Waals surface area contributed by atoms with E-state index in [0.717, 1.165) is 18.2 Å². The van der Waals surface area contributed by atoms with Gasteiger partial charge < -0.3 is 23.6 Å². The summed E-state index contributed by atoms with van der Waals surface area (Å²) in [5, 5.41) is 29.3. The fourth-order valence-electron chi connectivity index (χ4n) is 2.97. The molecule has 0 saturated carbocycles. The van der Waals surface area contributed by atoms with E-state index in [9.17, 15) is 19.8 Å². The second-order valence-electron chi connectivity index (χ2n) is 7.31. The van der Waals surface area contributed by atoms with Gasteiger partial charge in [0.15, 0.2) is 12.4 Å². The van der Waals surface area contributed by atoms with E-state index < -0.39 is 18.4 Å². The third-order valence-corrected chi connectivity index (χ3v) is 6.54. The Morgan fingerprint density at radius 1 is 0.816 bits per heavy atom. The molecular formula is C26H22N3O8P. The monoisotopic (exact) mass is 535 g/mol. The molecule has 0 unspecified atom stereocenters. The first-order valence-electron chi connectivity index (χ1n) is 10.9. The average Bonchev–Trinajstić information content (AvgIpc) is 2.94. The SMILES string of the molecule is COc1ccc(OP(=O)(Oc2ccc(OC)cc2)[n+]2ccccc2)cc1.N#Cc1cc([O-])ccc1[N+](=O)[O-]. The van der Waals surface area contributed by atoms with Crippen molar-refractivity contribution < 1.29 is 37.5 Å². The standard InChI is InChI=1S/C19H19NO5P.C7H4N2O3/c1-22-16-6-10-18(11-7-16)24-26(21,20-14-4-3-5-15-20)25-19-12-8-17(23-2)9-13-19;8-4-5-3-6(10)1-2-7(5)9(11)12/h3-15H,1-2H3;1-3,10H/q+1;/p-1. The van der Waals surface area contributed by atoms with E-state index in [1.165, 1.54) is 4.34 Å². The van der Waals surface area contributed by atoms with Gasteiger partial charge in [-0.05, 0) is 54.6 Å². The molecule has 0 fully saturated rings. The molecule has 0 N–H and O–H groups in total. The number of hydrogen-bond acceptors (Lipinski definition) is 9. The number of nitriles is 1. The minimum atomic E-state index is -3.73. The van der Waals surface area contributed by atoms with Gasteiger partial charge in [0.25, 0.3) is 5.69 Å². The molecule has 1 heterocycles. The number of pyridine rings is 1. The van der Waals surface area contributed by atoms with Gasteiger partial charge in [-0.1, -0.05) is 16.5 Å². The maximum Gasteiger partial charge on any atom is 0.728 e. The van der Waals surface area contributed by atoms with Crippen molar-refractivity contribution in [2.24, 2.45) is 0 Å². The van der Waals surface area contributed by atoms with Crippen LogP contribution in [0.3, 0.4) is 0 Å². The predicted molar refractivity (Wildman–Crippen MR) is 134 cm³/mol. The highest BCUT2D eigenvalue weighted by atomic mass is 31.2. The van der Waals surface area contributed by atoms with Crippen molar-refractivity contribution in [2.75, 3.05) is 14.2 Å². The van der Waals surface area contributed by atoms with Gasteiger partial charge in [-0.2, -0.15) is 9.83 Å². The van der Waals surface area contributed by atoms with Gasteiger partial charge in [-0.3, -0.25) is 10.1 Å². The summed E-state index contributed by atoms with van der Waals surface area (Å²) in [5.74, 6) is 1.75. The maximum atomic E-state index is 13.5. The summed E-state index contributed by atoms with van der Waals surface area (Å²) in [4.78, 5) is 9.55. The van der Waals surface area contributed by atoms with E-state index in [-0.39, 0.29) is 11.3 Å². The van der Waals surface area contributed by atoms with E-state index in [1.54, 1.807) is 93.3 Å². The lowest BCUT2D eigenvalue weighted by Gasteiger charge is -2.14.